The number of hydrogen-bond acceptors (Lipinski definition) is 3. The van der Waals surface area contributed by atoms with Crippen LogP contribution in [-0.2, 0) is 9.53 Å². The Morgan fingerprint density at radius 2 is 1.95 bits per heavy atom. The van der Waals surface area contributed by atoms with E-state index in [0.717, 1.165) is 44.4 Å². The van der Waals surface area contributed by atoms with Crippen molar-refractivity contribution in [2.24, 2.45) is 11.8 Å². The van der Waals surface area contributed by atoms with Crippen molar-refractivity contribution in [3.05, 3.63) is 0 Å². The highest BCUT2D eigenvalue weighted by Gasteiger charge is 2.47. The van der Waals surface area contributed by atoms with E-state index < -0.39 is 0 Å². The molecule has 3 aliphatic heterocycles. The Labute approximate surface area is 134 Å². The zero-order valence-electron chi connectivity index (χ0n) is 13.8. The summed E-state index contributed by atoms with van der Waals surface area (Å²) in [5, 5.41) is 0. The molecule has 4 nitrogen and oxygen atoms in total. The van der Waals surface area contributed by atoms with Crippen LogP contribution in [0.2, 0.25) is 0 Å². The minimum atomic E-state index is 0.209. The summed E-state index contributed by atoms with van der Waals surface area (Å²) in [7, 11) is 0. The van der Waals surface area contributed by atoms with Crippen LogP contribution in [0, 0.1) is 11.8 Å². The Balaban J connectivity index is 1.38. The number of carbonyl (C=O) groups is 1. The van der Waals surface area contributed by atoms with Crippen LogP contribution in [-0.4, -0.2) is 60.6 Å². The first-order valence-corrected chi connectivity index (χ1v) is 9.36. The maximum absolute atomic E-state index is 12.4. The van der Waals surface area contributed by atoms with Gasteiger partial charge in [-0.25, -0.2) is 0 Å². The molecule has 1 aliphatic carbocycles. The lowest BCUT2D eigenvalue weighted by Crippen LogP contribution is -2.47. The minimum absolute atomic E-state index is 0.209. The van der Waals surface area contributed by atoms with E-state index in [4.69, 9.17) is 4.74 Å². The van der Waals surface area contributed by atoms with Crippen LogP contribution in [0.3, 0.4) is 0 Å². The van der Waals surface area contributed by atoms with Crippen LogP contribution < -0.4 is 0 Å². The molecule has 0 aromatic rings. The lowest BCUT2D eigenvalue weighted by Gasteiger charge is -2.38. The number of nitrogens with zero attached hydrogens (tertiary/aromatic N) is 2. The molecule has 0 N–H and O–H groups in total. The zero-order valence-corrected chi connectivity index (χ0v) is 13.8. The number of rotatable bonds is 4. The Morgan fingerprint density at radius 3 is 2.73 bits per heavy atom. The number of hydrogen-bond donors (Lipinski definition) is 0. The maximum atomic E-state index is 12.4. The first kappa shape index (κ1) is 14.9. The van der Waals surface area contributed by atoms with Gasteiger partial charge in [0, 0.05) is 38.2 Å². The van der Waals surface area contributed by atoms with Crippen LogP contribution in [0.25, 0.3) is 0 Å². The Kier molecular flexibility index (Phi) is 4.16. The first-order chi connectivity index (χ1) is 10.8. The number of carbonyl (C=O) groups excluding carboxylic acids is 1. The summed E-state index contributed by atoms with van der Waals surface area (Å²) in [6.07, 6.45) is 9.49. The maximum Gasteiger partial charge on any atom is 0.223 e. The molecule has 4 rings (SSSR count). The topological polar surface area (TPSA) is 32.8 Å². The van der Waals surface area contributed by atoms with E-state index in [1.807, 2.05) is 0 Å². The van der Waals surface area contributed by atoms with Crippen molar-refractivity contribution in [3.63, 3.8) is 0 Å². The van der Waals surface area contributed by atoms with Gasteiger partial charge in [-0.05, 0) is 63.3 Å². The SMILES string of the molecule is O=C1CC[C@]2(CCCN(C[C@@H]3CCOC3)CC2)N1CC1CC1. The standard InChI is InChI=1S/C18H30N2O2/c21-17-4-7-18(20(17)13-15-2-3-15)6-1-9-19(10-8-18)12-16-5-11-22-14-16/h15-16H,1-14H2/t16-,18-/m0/s1. The molecule has 124 valence electrons. The van der Waals surface area contributed by atoms with Gasteiger partial charge in [0.1, 0.15) is 0 Å². The fraction of sp³-hybridized carbons (Fsp3) is 0.944. The summed E-state index contributed by atoms with van der Waals surface area (Å²) in [6, 6.07) is 0. The van der Waals surface area contributed by atoms with Gasteiger partial charge in [-0.2, -0.15) is 0 Å². The quantitative estimate of drug-likeness (QED) is 0.799. The normalized spacial score (nSPS) is 37.2. The van der Waals surface area contributed by atoms with Crippen molar-refractivity contribution >= 4 is 5.91 Å². The molecule has 0 bridgehead atoms. The zero-order chi connectivity index (χ0) is 15.0. The molecule has 0 radical (unpaired) electrons. The van der Waals surface area contributed by atoms with Gasteiger partial charge in [0.15, 0.2) is 0 Å². The van der Waals surface area contributed by atoms with Crippen LogP contribution >= 0.6 is 0 Å². The molecule has 1 amide bonds. The monoisotopic (exact) mass is 306 g/mol. The Bertz CT molecular complexity index is 417. The number of likely N-dealkylation sites (tertiary alicyclic amines) is 2. The number of amides is 1. The summed E-state index contributed by atoms with van der Waals surface area (Å²) in [4.78, 5) is 17.3. The second-order valence-corrected chi connectivity index (χ2v) is 8.06. The van der Waals surface area contributed by atoms with Crippen molar-refractivity contribution < 1.29 is 9.53 Å². The van der Waals surface area contributed by atoms with Crippen LogP contribution in [0.1, 0.15) is 51.4 Å². The van der Waals surface area contributed by atoms with Gasteiger partial charge < -0.3 is 14.5 Å². The molecule has 3 saturated heterocycles. The second kappa shape index (κ2) is 6.12. The molecular weight excluding hydrogens is 276 g/mol. The molecule has 0 unspecified atom stereocenters. The van der Waals surface area contributed by atoms with Gasteiger partial charge in [-0.3, -0.25) is 4.79 Å². The molecule has 1 spiro atoms. The lowest BCUT2D eigenvalue weighted by atomic mass is 9.87. The van der Waals surface area contributed by atoms with Crippen LogP contribution in [0.15, 0.2) is 0 Å². The van der Waals surface area contributed by atoms with Crippen LogP contribution in [0.5, 0.6) is 0 Å². The fourth-order valence-electron chi connectivity index (χ4n) is 4.76. The summed E-state index contributed by atoms with van der Waals surface area (Å²) in [6.45, 7) is 6.54. The lowest BCUT2D eigenvalue weighted by molar-refractivity contribution is -0.131. The van der Waals surface area contributed by atoms with E-state index in [-0.39, 0.29) is 5.54 Å². The van der Waals surface area contributed by atoms with Crippen molar-refractivity contribution in [1.82, 2.24) is 9.80 Å². The summed E-state index contributed by atoms with van der Waals surface area (Å²) >= 11 is 0. The van der Waals surface area contributed by atoms with Crippen LogP contribution in [0.4, 0.5) is 0 Å². The van der Waals surface area contributed by atoms with E-state index in [1.54, 1.807) is 0 Å². The molecule has 3 heterocycles. The molecule has 4 fully saturated rings. The predicted octanol–water partition coefficient (Wildman–Crippen LogP) is 2.28. The second-order valence-electron chi connectivity index (χ2n) is 8.06. The highest BCUT2D eigenvalue weighted by Crippen LogP contribution is 2.42. The van der Waals surface area contributed by atoms with Gasteiger partial charge in [0.25, 0.3) is 0 Å². The van der Waals surface area contributed by atoms with Crippen molar-refractivity contribution in [2.75, 3.05) is 39.4 Å². The summed E-state index contributed by atoms with van der Waals surface area (Å²) < 4.78 is 5.53. The van der Waals surface area contributed by atoms with Gasteiger partial charge in [-0.15, -0.1) is 0 Å². The van der Waals surface area contributed by atoms with E-state index >= 15 is 0 Å². The third-order valence-electron chi connectivity index (χ3n) is 6.37. The molecule has 0 aromatic carbocycles. The van der Waals surface area contributed by atoms with E-state index in [2.05, 4.69) is 9.80 Å². The molecule has 22 heavy (non-hydrogen) atoms. The molecule has 2 atom stereocenters. The molecule has 1 saturated carbocycles. The van der Waals surface area contributed by atoms with Crippen molar-refractivity contribution in [1.29, 1.82) is 0 Å². The average molecular weight is 306 g/mol. The highest BCUT2D eigenvalue weighted by atomic mass is 16.5. The molecule has 0 aromatic heterocycles. The van der Waals surface area contributed by atoms with Gasteiger partial charge in [0.2, 0.25) is 5.91 Å². The molecule has 4 aliphatic rings. The molecule has 4 heteroatoms. The number of ether oxygens (including phenoxy) is 1. The third-order valence-corrected chi connectivity index (χ3v) is 6.37. The molecular formula is C18H30N2O2. The minimum Gasteiger partial charge on any atom is -0.381 e. The van der Waals surface area contributed by atoms with E-state index in [0.29, 0.717) is 5.91 Å². The van der Waals surface area contributed by atoms with Crippen molar-refractivity contribution in [2.45, 2.75) is 56.9 Å². The highest BCUT2D eigenvalue weighted by molar-refractivity contribution is 5.79. The fourth-order valence-corrected chi connectivity index (χ4v) is 4.76. The van der Waals surface area contributed by atoms with Gasteiger partial charge >= 0.3 is 0 Å². The first-order valence-electron chi connectivity index (χ1n) is 9.36. The average Bonchev–Trinajstić information content (AvgIpc) is 3.16. The van der Waals surface area contributed by atoms with Gasteiger partial charge in [0.05, 0.1) is 6.61 Å². The van der Waals surface area contributed by atoms with Gasteiger partial charge in [-0.1, -0.05) is 0 Å². The Hall–Kier alpha value is -0.610. The Morgan fingerprint density at radius 1 is 1.05 bits per heavy atom. The predicted molar refractivity (Wildman–Crippen MR) is 85.6 cm³/mol. The summed E-state index contributed by atoms with van der Waals surface area (Å²) in [5.41, 5.74) is 0.209. The van der Waals surface area contributed by atoms with E-state index in [1.165, 1.54) is 58.2 Å². The van der Waals surface area contributed by atoms with Crippen molar-refractivity contribution in [3.8, 4) is 0 Å². The third kappa shape index (κ3) is 3.05. The largest absolute Gasteiger partial charge is 0.381 e. The summed E-state index contributed by atoms with van der Waals surface area (Å²) in [5.74, 6) is 1.99. The van der Waals surface area contributed by atoms with E-state index in [9.17, 15) is 4.79 Å². The smallest absolute Gasteiger partial charge is 0.223 e.